The Morgan fingerprint density at radius 2 is 1.67 bits per heavy atom. The molecule has 3 aromatic rings. The molecule has 0 fully saturated rings. The fourth-order valence-electron chi connectivity index (χ4n) is 2.64. The molecule has 2 N–H and O–H groups in total. The molecule has 0 saturated carbocycles. The van der Waals surface area contributed by atoms with Crippen molar-refractivity contribution < 1.29 is 26.7 Å². The summed E-state index contributed by atoms with van der Waals surface area (Å²) >= 11 is 0. The third-order valence-electron chi connectivity index (χ3n) is 4.22. The topological polar surface area (TPSA) is 84.5 Å². The molecule has 0 radical (unpaired) electrons. The number of rotatable bonds is 7. The highest BCUT2D eigenvalue weighted by Crippen LogP contribution is 2.22. The first kappa shape index (κ1) is 21.3. The zero-order valence-corrected chi connectivity index (χ0v) is 16.7. The van der Waals surface area contributed by atoms with Crippen molar-refractivity contribution >= 4 is 21.6 Å². The average molecular weight is 432 g/mol. The van der Waals surface area contributed by atoms with Crippen LogP contribution in [0.5, 0.6) is 5.75 Å². The molecule has 0 aliphatic carbocycles. The summed E-state index contributed by atoms with van der Waals surface area (Å²) in [6.07, 6.45) is 0. The monoisotopic (exact) mass is 432 g/mol. The molecule has 0 aromatic heterocycles. The molecule has 9 heteroatoms. The van der Waals surface area contributed by atoms with E-state index in [2.05, 4.69) is 10.0 Å². The van der Waals surface area contributed by atoms with Gasteiger partial charge in [0.05, 0.1) is 7.11 Å². The molecule has 0 bridgehead atoms. The Kier molecular flexibility index (Phi) is 6.31. The molecule has 156 valence electrons. The molecule has 0 aliphatic heterocycles. The molecule has 0 aliphatic rings. The van der Waals surface area contributed by atoms with E-state index in [1.807, 2.05) is 0 Å². The molecule has 0 heterocycles. The van der Waals surface area contributed by atoms with Gasteiger partial charge in [0, 0.05) is 23.4 Å². The summed E-state index contributed by atoms with van der Waals surface area (Å²) in [4.78, 5) is 11.7. The molecular formula is C21H18F2N2O4S. The van der Waals surface area contributed by atoms with Gasteiger partial charge in [0.2, 0.25) is 0 Å². The summed E-state index contributed by atoms with van der Waals surface area (Å²) in [5, 5.41) is 2.49. The number of carbonyl (C=O) groups excluding carboxylic acids is 1. The van der Waals surface area contributed by atoms with E-state index in [9.17, 15) is 22.0 Å². The fraction of sp³-hybridized carbons (Fsp3) is 0.0952. The van der Waals surface area contributed by atoms with E-state index in [1.54, 1.807) is 18.2 Å². The number of hydrogen-bond donors (Lipinski definition) is 2. The van der Waals surface area contributed by atoms with E-state index in [0.29, 0.717) is 5.75 Å². The number of carbonyl (C=O) groups is 1. The summed E-state index contributed by atoms with van der Waals surface area (Å²) in [5.74, 6) is -1.64. The number of anilines is 1. The van der Waals surface area contributed by atoms with Crippen molar-refractivity contribution in [1.82, 2.24) is 5.32 Å². The Hall–Kier alpha value is -3.46. The van der Waals surface area contributed by atoms with Gasteiger partial charge in [0.25, 0.3) is 15.9 Å². The predicted molar refractivity (Wildman–Crippen MR) is 108 cm³/mol. The minimum absolute atomic E-state index is 0.0807. The van der Waals surface area contributed by atoms with E-state index in [1.165, 1.54) is 37.4 Å². The number of hydrogen-bond acceptors (Lipinski definition) is 4. The van der Waals surface area contributed by atoms with Crippen LogP contribution in [-0.4, -0.2) is 21.4 Å². The summed E-state index contributed by atoms with van der Waals surface area (Å²) < 4.78 is 60.4. The summed E-state index contributed by atoms with van der Waals surface area (Å²) in [6.45, 7) is -0.102. The minimum Gasteiger partial charge on any atom is -0.497 e. The first-order chi connectivity index (χ1) is 14.3. The minimum atomic E-state index is -4.30. The highest BCUT2D eigenvalue weighted by atomic mass is 32.2. The molecule has 0 saturated heterocycles. The molecular weight excluding hydrogens is 414 g/mol. The van der Waals surface area contributed by atoms with Crippen LogP contribution in [0.25, 0.3) is 0 Å². The number of amides is 1. The number of nitrogens with one attached hydrogen (secondary N) is 2. The van der Waals surface area contributed by atoms with Crippen LogP contribution >= 0.6 is 0 Å². The van der Waals surface area contributed by atoms with Crippen LogP contribution in [0.4, 0.5) is 14.5 Å². The van der Waals surface area contributed by atoms with Crippen LogP contribution < -0.4 is 14.8 Å². The lowest BCUT2D eigenvalue weighted by atomic mass is 10.2. The maximum atomic E-state index is 14.2. The maximum absolute atomic E-state index is 14.2. The van der Waals surface area contributed by atoms with Crippen molar-refractivity contribution in [3.8, 4) is 5.75 Å². The highest BCUT2D eigenvalue weighted by molar-refractivity contribution is 7.92. The maximum Gasteiger partial charge on any atom is 0.264 e. The van der Waals surface area contributed by atoms with Crippen LogP contribution in [0.3, 0.4) is 0 Å². The highest BCUT2D eigenvalue weighted by Gasteiger charge is 2.21. The average Bonchev–Trinajstić information content (AvgIpc) is 2.73. The van der Waals surface area contributed by atoms with E-state index in [4.69, 9.17) is 4.74 Å². The predicted octanol–water partition coefficient (Wildman–Crippen LogP) is 3.70. The van der Waals surface area contributed by atoms with Crippen molar-refractivity contribution in [3.05, 3.63) is 89.5 Å². The molecule has 6 nitrogen and oxygen atoms in total. The van der Waals surface area contributed by atoms with Gasteiger partial charge in [-0.25, -0.2) is 17.2 Å². The normalized spacial score (nSPS) is 11.0. The van der Waals surface area contributed by atoms with Crippen molar-refractivity contribution in [3.63, 3.8) is 0 Å². The third kappa shape index (κ3) is 4.93. The van der Waals surface area contributed by atoms with Gasteiger partial charge < -0.3 is 10.1 Å². The Balaban J connectivity index is 1.79. The first-order valence-electron chi connectivity index (χ1n) is 8.78. The zero-order valence-electron chi connectivity index (χ0n) is 15.9. The number of methoxy groups -OCH3 is 1. The van der Waals surface area contributed by atoms with Crippen molar-refractivity contribution in [1.29, 1.82) is 0 Å². The van der Waals surface area contributed by atoms with Crippen LogP contribution in [0.15, 0.2) is 71.6 Å². The SMILES string of the molecule is COc1ccc(NS(=O)(=O)c2cc(C(=O)NCc3ccccc3F)ccc2F)cc1. The van der Waals surface area contributed by atoms with E-state index < -0.39 is 32.5 Å². The van der Waals surface area contributed by atoms with Gasteiger partial charge in [0.1, 0.15) is 22.3 Å². The van der Waals surface area contributed by atoms with Crippen LogP contribution in [0.2, 0.25) is 0 Å². The standard InChI is InChI=1S/C21H18F2N2O4S/c1-29-17-9-7-16(8-10-17)25-30(27,28)20-12-14(6-11-19(20)23)21(26)24-13-15-4-2-3-5-18(15)22/h2-12,25H,13H2,1H3,(H,24,26). The zero-order chi connectivity index (χ0) is 21.7. The van der Waals surface area contributed by atoms with Crippen LogP contribution in [0.1, 0.15) is 15.9 Å². The number of benzene rings is 3. The van der Waals surface area contributed by atoms with Gasteiger partial charge in [-0.1, -0.05) is 18.2 Å². The van der Waals surface area contributed by atoms with Crippen molar-refractivity contribution in [2.24, 2.45) is 0 Å². The largest absolute Gasteiger partial charge is 0.497 e. The van der Waals surface area contributed by atoms with Crippen molar-refractivity contribution in [2.45, 2.75) is 11.4 Å². The second-order valence-corrected chi connectivity index (χ2v) is 7.90. The summed E-state index contributed by atoms with van der Waals surface area (Å²) in [6, 6.07) is 14.9. The lowest BCUT2D eigenvalue weighted by molar-refractivity contribution is 0.0950. The molecule has 30 heavy (non-hydrogen) atoms. The van der Waals surface area contributed by atoms with Gasteiger partial charge in [-0.15, -0.1) is 0 Å². The second-order valence-electron chi connectivity index (χ2n) is 6.25. The lowest BCUT2D eigenvalue weighted by Gasteiger charge is -2.11. The fourth-order valence-corrected chi connectivity index (χ4v) is 3.80. The van der Waals surface area contributed by atoms with E-state index in [0.717, 1.165) is 18.2 Å². The molecule has 0 spiro atoms. The Morgan fingerprint density at radius 3 is 2.33 bits per heavy atom. The number of sulfonamides is 1. The van der Waals surface area contributed by atoms with E-state index in [-0.39, 0.29) is 23.4 Å². The van der Waals surface area contributed by atoms with Gasteiger partial charge in [0.15, 0.2) is 0 Å². The number of ether oxygens (including phenoxy) is 1. The summed E-state index contributed by atoms with van der Waals surface area (Å²) in [5.41, 5.74) is 0.384. The van der Waals surface area contributed by atoms with Gasteiger partial charge in [-0.05, 0) is 48.5 Å². The van der Waals surface area contributed by atoms with Crippen LogP contribution in [-0.2, 0) is 16.6 Å². The van der Waals surface area contributed by atoms with Crippen molar-refractivity contribution in [2.75, 3.05) is 11.8 Å². The molecule has 3 aromatic carbocycles. The summed E-state index contributed by atoms with van der Waals surface area (Å²) in [7, 11) is -2.83. The molecule has 0 unspecified atom stereocenters. The Labute approximate surface area is 172 Å². The Morgan fingerprint density at radius 1 is 0.967 bits per heavy atom. The molecule has 1 amide bonds. The third-order valence-corrected chi connectivity index (χ3v) is 5.62. The number of halogens is 2. The van der Waals surface area contributed by atoms with Gasteiger partial charge >= 0.3 is 0 Å². The molecule has 0 atom stereocenters. The molecule has 3 rings (SSSR count). The lowest BCUT2D eigenvalue weighted by Crippen LogP contribution is -2.24. The smallest absolute Gasteiger partial charge is 0.264 e. The van der Waals surface area contributed by atoms with Crippen LogP contribution in [0, 0.1) is 11.6 Å². The second kappa shape index (κ2) is 8.91. The quantitative estimate of drug-likeness (QED) is 0.596. The first-order valence-corrected chi connectivity index (χ1v) is 10.3. The Bertz CT molecular complexity index is 1170. The van der Waals surface area contributed by atoms with Gasteiger partial charge in [-0.3, -0.25) is 9.52 Å². The van der Waals surface area contributed by atoms with Gasteiger partial charge in [-0.2, -0.15) is 0 Å². The van der Waals surface area contributed by atoms with E-state index >= 15 is 0 Å².